The van der Waals surface area contributed by atoms with Crippen LogP contribution in [0.5, 0.6) is 0 Å². The van der Waals surface area contributed by atoms with E-state index >= 15 is 0 Å². The van der Waals surface area contributed by atoms with Crippen LogP contribution >= 0.6 is 11.8 Å². The van der Waals surface area contributed by atoms with Gasteiger partial charge in [-0.1, -0.05) is 0 Å². The smallest absolute Gasteiger partial charge is 0.123 e. The van der Waals surface area contributed by atoms with Gasteiger partial charge in [-0.2, -0.15) is 0 Å². The normalized spacial score (nSPS) is 41.2. The second-order valence-corrected chi connectivity index (χ2v) is 7.68. The molecule has 0 amide bonds. The molecular formula is C15H20N2S. The van der Waals surface area contributed by atoms with Crippen LogP contribution in [0.25, 0.3) is 0 Å². The minimum Gasteiger partial charge on any atom is -0.384 e. The van der Waals surface area contributed by atoms with Crippen LogP contribution in [0.4, 0.5) is 5.82 Å². The molecular weight excluding hydrogens is 240 g/mol. The summed E-state index contributed by atoms with van der Waals surface area (Å²) in [7, 11) is 0. The minimum absolute atomic E-state index is 0.629. The molecule has 0 atom stereocenters. The topological polar surface area (TPSA) is 38.9 Å². The first-order valence-corrected chi connectivity index (χ1v) is 8.04. The zero-order valence-corrected chi connectivity index (χ0v) is 11.4. The highest BCUT2D eigenvalue weighted by atomic mass is 32.2. The number of hydrogen-bond acceptors (Lipinski definition) is 3. The highest BCUT2D eigenvalue weighted by Crippen LogP contribution is 2.57. The molecule has 4 aliphatic carbocycles. The Labute approximate surface area is 113 Å². The Balaban J connectivity index is 1.53. The molecule has 5 rings (SSSR count). The van der Waals surface area contributed by atoms with Crippen molar-refractivity contribution in [2.24, 2.45) is 23.7 Å². The van der Waals surface area contributed by atoms with Gasteiger partial charge in [-0.15, -0.1) is 11.8 Å². The molecule has 1 heterocycles. The van der Waals surface area contributed by atoms with Crippen molar-refractivity contribution in [3.05, 3.63) is 18.3 Å². The molecule has 0 spiro atoms. The van der Waals surface area contributed by atoms with Gasteiger partial charge in [-0.05, 0) is 67.9 Å². The molecule has 0 radical (unpaired) electrons. The Morgan fingerprint density at radius 3 is 2.22 bits per heavy atom. The maximum Gasteiger partial charge on any atom is 0.123 e. The molecule has 4 bridgehead atoms. The Hall–Kier alpha value is -0.700. The summed E-state index contributed by atoms with van der Waals surface area (Å²) in [6, 6.07) is 4.07. The van der Waals surface area contributed by atoms with Crippen LogP contribution in [0.15, 0.2) is 23.2 Å². The molecule has 4 saturated carbocycles. The molecule has 4 fully saturated rings. The summed E-state index contributed by atoms with van der Waals surface area (Å²) in [6.45, 7) is 0. The van der Waals surface area contributed by atoms with Crippen molar-refractivity contribution in [1.29, 1.82) is 0 Å². The monoisotopic (exact) mass is 260 g/mol. The van der Waals surface area contributed by atoms with E-state index in [0.717, 1.165) is 28.9 Å². The predicted octanol–water partition coefficient (Wildman–Crippen LogP) is 3.58. The van der Waals surface area contributed by atoms with Crippen LogP contribution in [0.3, 0.4) is 0 Å². The third-order valence-electron chi connectivity index (χ3n) is 5.17. The van der Waals surface area contributed by atoms with Crippen LogP contribution in [-0.2, 0) is 0 Å². The number of nitrogens with zero attached hydrogens (tertiary/aromatic N) is 1. The predicted molar refractivity (Wildman–Crippen MR) is 75.3 cm³/mol. The van der Waals surface area contributed by atoms with E-state index < -0.39 is 0 Å². The van der Waals surface area contributed by atoms with Crippen molar-refractivity contribution in [2.75, 3.05) is 5.73 Å². The molecule has 0 saturated heterocycles. The van der Waals surface area contributed by atoms with Gasteiger partial charge >= 0.3 is 0 Å². The van der Waals surface area contributed by atoms with Crippen LogP contribution in [0.1, 0.15) is 32.1 Å². The SMILES string of the molecule is Nc1ccc(SC2C3CC4CC(C3)CC2C4)cn1. The maximum absolute atomic E-state index is 5.66. The molecule has 0 aromatic carbocycles. The van der Waals surface area contributed by atoms with E-state index in [-0.39, 0.29) is 0 Å². The summed E-state index contributed by atoms with van der Waals surface area (Å²) in [5, 5.41) is 0.850. The molecule has 2 N–H and O–H groups in total. The van der Waals surface area contributed by atoms with Crippen molar-refractivity contribution in [1.82, 2.24) is 4.98 Å². The van der Waals surface area contributed by atoms with Gasteiger partial charge in [-0.3, -0.25) is 0 Å². The molecule has 2 nitrogen and oxygen atoms in total. The molecule has 1 aromatic rings. The summed E-state index contributed by atoms with van der Waals surface area (Å²) in [6.07, 6.45) is 9.46. The zero-order chi connectivity index (χ0) is 12.1. The first kappa shape index (κ1) is 11.2. The summed E-state index contributed by atoms with van der Waals surface area (Å²) in [5.41, 5.74) is 5.66. The van der Waals surface area contributed by atoms with Gasteiger partial charge in [0.15, 0.2) is 0 Å². The molecule has 0 aliphatic heterocycles. The molecule has 96 valence electrons. The number of anilines is 1. The lowest BCUT2D eigenvalue weighted by atomic mass is 9.56. The standard InChI is InChI=1S/C15H20N2S/c16-14-2-1-13(8-17-14)18-15-11-4-9-3-10(6-11)7-12(15)5-9/h1-2,8-12,15H,3-7H2,(H2,16,17). The molecule has 1 aromatic heterocycles. The van der Waals surface area contributed by atoms with E-state index in [1.54, 1.807) is 0 Å². The van der Waals surface area contributed by atoms with Gasteiger partial charge in [0.1, 0.15) is 5.82 Å². The maximum atomic E-state index is 5.66. The Bertz CT molecular complexity index is 414. The van der Waals surface area contributed by atoms with Crippen molar-refractivity contribution >= 4 is 17.6 Å². The Kier molecular flexibility index (Phi) is 2.58. The van der Waals surface area contributed by atoms with Crippen molar-refractivity contribution in [3.63, 3.8) is 0 Å². The van der Waals surface area contributed by atoms with Crippen molar-refractivity contribution in [3.8, 4) is 0 Å². The Morgan fingerprint density at radius 1 is 1.00 bits per heavy atom. The van der Waals surface area contributed by atoms with Crippen molar-refractivity contribution < 1.29 is 0 Å². The number of rotatable bonds is 2. The summed E-state index contributed by atoms with van der Waals surface area (Å²) < 4.78 is 0. The van der Waals surface area contributed by atoms with Gasteiger partial charge in [0.2, 0.25) is 0 Å². The van der Waals surface area contributed by atoms with E-state index in [2.05, 4.69) is 22.8 Å². The van der Waals surface area contributed by atoms with Gasteiger partial charge in [0.25, 0.3) is 0 Å². The average Bonchev–Trinajstić information content (AvgIpc) is 2.35. The molecule has 3 heteroatoms. The Morgan fingerprint density at radius 2 is 1.67 bits per heavy atom. The highest BCUT2D eigenvalue weighted by Gasteiger charge is 2.48. The number of nitrogen functional groups attached to an aromatic ring is 1. The largest absolute Gasteiger partial charge is 0.384 e. The van der Waals surface area contributed by atoms with E-state index in [1.807, 2.05) is 12.3 Å². The number of aromatic nitrogens is 1. The second kappa shape index (κ2) is 4.16. The van der Waals surface area contributed by atoms with E-state index in [9.17, 15) is 0 Å². The number of pyridine rings is 1. The first-order chi connectivity index (χ1) is 8.78. The van der Waals surface area contributed by atoms with Crippen LogP contribution in [0.2, 0.25) is 0 Å². The van der Waals surface area contributed by atoms with Crippen molar-refractivity contribution in [2.45, 2.75) is 42.2 Å². The minimum atomic E-state index is 0.629. The van der Waals surface area contributed by atoms with Crippen LogP contribution in [-0.4, -0.2) is 10.2 Å². The van der Waals surface area contributed by atoms with Crippen LogP contribution < -0.4 is 5.73 Å². The van der Waals surface area contributed by atoms with Gasteiger partial charge in [0.05, 0.1) is 0 Å². The summed E-state index contributed by atoms with van der Waals surface area (Å²) in [5.74, 6) is 4.71. The zero-order valence-electron chi connectivity index (χ0n) is 10.6. The number of thioether (sulfide) groups is 1. The van der Waals surface area contributed by atoms with E-state index in [1.165, 1.54) is 37.0 Å². The lowest BCUT2D eigenvalue weighted by Crippen LogP contribution is -2.46. The lowest BCUT2D eigenvalue weighted by molar-refractivity contribution is 0.0267. The van der Waals surface area contributed by atoms with E-state index in [0.29, 0.717) is 5.82 Å². The van der Waals surface area contributed by atoms with Crippen LogP contribution in [0, 0.1) is 23.7 Å². The highest BCUT2D eigenvalue weighted by molar-refractivity contribution is 8.00. The number of nitrogens with two attached hydrogens (primary N) is 1. The van der Waals surface area contributed by atoms with Gasteiger partial charge in [-0.25, -0.2) is 4.98 Å². The quantitative estimate of drug-likeness (QED) is 0.883. The number of hydrogen-bond donors (Lipinski definition) is 1. The van der Waals surface area contributed by atoms with Gasteiger partial charge in [0, 0.05) is 16.3 Å². The molecule has 18 heavy (non-hydrogen) atoms. The lowest BCUT2D eigenvalue weighted by Gasteiger charge is -2.54. The van der Waals surface area contributed by atoms with E-state index in [4.69, 9.17) is 5.73 Å². The fourth-order valence-corrected chi connectivity index (χ4v) is 6.09. The fourth-order valence-electron chi connectivity index (χ4n) is 4.69. The fraction of sp³-hybridized carbons (Fsp3) is 0.667. The summed E-state index contributed by atoms with van der Waals surface area (Å²) in [4.78, 5) is 5.53. The summed E-state index contributed by atoms with van der Waals surface area (Å²) >= 11 is 2.07. The molecule has 0 unspecified atom stereocenters. The molecule has 4 aliphatic rings. The third kappa shape index (κ3) is 1.83. The average molecular weight is 260 g/mol. The van der Waals surface area contributed by atoms with Gasteiger partial charge < -0.3 is 5.73 Å². The first-order valence-electron chi connectivity index (χ1n) is 7.16. The second-order valence-electron chi connectivity index (χ2n) is 6.43. The third-order valence-corrected chi connectivity index (χ3v) is 6.73.